The van der Waals surface area contributed by atoms with E-state index < -0.39 is 0 Å². The molecule has 0 spiro atoms. The van der Waals surface area contributed by atoms with Crippen LogP contribution in [0.1, 0.15) is 28.5 Å². The minimum atomic E-state index is 0.172. The average Bonchev–Trinajstić information content (AvgIpc) is 2.04. The van der Waals surface area contributed by atoms with Crippen LogP contribution >= 0.6 is 11.6 Å². The lowest BCUT2D eigenvalue weighted by Gasteiger charge is -2.15. The van der Waals surface area contributed by atoms with Crippen molar-refractivity contribution < 1.29 is 0 Å². The molecule has 0 saturated heterocycles. The Morgan fingerprint density at radius 1 is 1.42 bits per heavy atom. The molecule has 0 amide bonds. The number of hydrogen-bond donors (Lipinski definition) is 0. The maximum atomic E-state index is 6.15. The molecule has 0 saturated carbocycles. The number of allylic oxidation sites excluding steroid dienone is 1. The van der Waals surface area contributed by atoms with Gasteiger partial charge in [-0.2, -0.15) is 0 Å². The summed E-state index contributed by atoms with van der Waals surface area (Å²) in [6, 6.07) is 6.43. The maximum absolute atomic E-state index is 6.15. The molecule has 0 bridgehead atoms. The van der Waals surface area contributed by atoms with E-state index in [0.717, 1.165) is 6.42 Å². The van der Waals surface area contributed by atoms with Crippen molar-refractivity contribution >= 4 is 17.7 Å². The molecule has 62 valence electrons. The number of fused-ring (bicyclic) bond motifs is 1. The second-order valence-corrected chi connectivity index (χ2v) is 3.76. The van der Waals surface area contributed by atoms with Gasteiger partial charge in [0.1, 0.15) is 0 Å². The van der Waals surface area contributed by atoms with Gasteiger partial charge in [-0.25, -0.2) is 0 Å². The molecule has 0 nitrogen and oxygen atoms in total. The van der Waals surface area contributed by atoms with Crippen LogP contribution in [0.2, 0.25) is 0 Å². The summed E-state index contributed by atoms with van der Waals surface area (Å²) >= 11 is 6.15. The number of benzene rings is 1. The molecule has 2 rings (SSSR count). The van der Waals surface area contributed by atoms with Gasteiger partial charge >= 0.3 is 0 Å². The quantitative estimate of drug-likeness (QED) is 0.532. The van der Waals surface area contributed by atoms with Crippen LogP contribution in [-0.4, -0.2) is 0 Å². The van der Waals surface area contributed by atoms with Crippen molar-refractivity contribution in [2.24, 2.45) is 0 Å². The van der Waals surface area contributed by atoms with Crippen molar-refractivity contribution in [3.8, 4) is 0 Å². The van der Waals surface area contributed by atoms with Crippen molar-refractivity contribution in [3.05, 3.63) is 41.0 Å². The molecule has 0 aromatic heterocycles. The fraction of sp³-hybridized carbons (Fsp3) is 0.273. The molecule has 12 heavy (non-hydrogen) atoms. The van der Waals surface area contributed by atoms with Crippen LogP contribution in [0.15, 0.2) is 24.3 Å². The summed E-state index contributed by atoms with van der Waals surface area (Å²) in [6.07, 6.45) is 5.25. The van der Waals surface area contributed by atoms with Gasteiger partial charge in [0.05, 0.1) is 5.38 Å². The molecular weight excluding hydrogens is 168 g/mol. The first-order valence-electron chi connectivity index (χ1n) is 4.18. The van der Waals surface area contributed by atoms with E-state index in [1.54, 1.807) is 0 Å². The molecule has 0 N–H and O–H groups in total. The lowest BCUT2D eigenvalue weighted by molar-refractivity contribution is 0.941. The van der Waals surface area contributed by atoms with E-state index in [1.807, 2.05) is 0 Å². The van der Waals surface area contributed by atoms with Gasteiger partial charge < -0.3 is 0 Å². The van der Waals surface area contributed by atoms with Crippen LogP contribution < -0.4 is 0 Å². The second-order valence-electron chi connectivity index (χ2n) is 3.24. The monoisotopic (exact) mass is 178 g/mol. The third-order valence-electron chi connectivity index (χ3n) is 2.22. The lowest BCUT2D eigenvalue weighted by Crippen LogP contribution is -1.97. The van der Waals surface area contributed by atoms with Gasteiger partial charge in [-0.15, -0.1) is 11.6 Å². The third-order valence-corrected chi connectivity index (χ3v) is 2.63. The Labute approximate surface area is 77.9 Å². The molecule has 1 aliphatic rings. The highest BCUT2D eigenvalue weighted by Gasteiger charge is 2.13. The Kier molecular flexibility index (Phi) is 1.93. The van der Waals surface area contributed by atoms with Gasteiger partial charge in [-0.1, -0.05) is 35.9 Å². The first-order valence-corrected chi connectivity index (χ1v) is 4.62. The summed E-state index contributed by atoms with van der Waals surface area (Å²) in [5.41, 5.74) is 3.84. The predicted octanol–water partition coefficient (Wildman–Crippen LogP) is 3.69. The van der Waals surface area contributed by atoms with E-state index in [4.69, 9.17) is 11.6 Å². The van der Waals surface area contributed by atoms with Crippen LogP contribution in [-0.2, 0) is 0 Å². The largest absolute Gasteiger partial charge is 0.117 e. The number of alkyl halides is 1. The van der Waals surface area contributed by atoms with Crippen molar-refractivity contribution in [3.63, 3.8) is 0 Å². The fourth-order valence-corrected chi connectivity index (χ4v) is 1.87. The smallest absolute Gasteiger partial charge is 0.0625 e. The Hall–Kier alpha value is -0.750. The van der Waals surface area contributed by atoms with Gasteiger partial charge in [-0.3, -0.25) is 0 Å². The molecule has 1 aliphatic carbocycles. The third kappa shape index (κ3) is 1.27. The summed E-state index contributed by atoms with van der Waals surface area (Å²) in [5, 5.41) is 0.172. The van der Waals surface area contributed by atoms with Gasteiger partial charge in [-0.05, 0) is 24.5 Å². The molecule has 1 atom stereocenters. The highest BCUT2D eigenvalue weighted by Crippen LogP contribution is 2.32. The lowest BCUT2D eigenvalue weighted by atomic mass is 9.95. The summed E-state index contributed by atoms with van der Waals surface area (Å²) in [4.78, 5) is 0. The van der Waals surface area contributed by atoms with E-state index in [-0.39, 0.29) is 5.38 Å². The van der Waals surface area contributed by atoms with Crippen LogP contribution in [0.3, 0.4) is 0 Å². The standard InChI is InChI=1S/C11H11Cl/c1-8-5-6-10-9(7-8)3-2-4-11(10)12/h2-3,5-7,11H,4H2,1H3. The van der Waals surface area contributed by atoms with E-state index in [1.165, 1.54) is 16.7 Å². The van der Waals surface area contributed by atoms with Gasteiger partial charge in [0, 0.05) is 0 Å². The van der Waals surface area contributed by atoms with Crippen LogP contribution in [0.5, 0.6) is 0 Å². The van der Waals surface area contributed by atoms with Gasteiger partial charge in [0.25, 0.3) is 0 Å². The summed E-state index contributed by atoms with van der Waals surface area (Å²) in [6.45, 7) is 2.10. The topological polar surface area (TPSA) is 0 Å². The molecule has 0 aliphatic heterocycles. The van der Waals surface area contributed by atoms with Crippen molar-refractivity contribution in [1.82, 2.24) is 0 Å². The molecular formula is C11H11Cl. The molecule has 1 aromatic rings. The minimum absolute atomic E-state index is 0.172. The SMILES string of the molecule is Cc1ccc2c(c1)C=CCC2Cl. The van der Waals surface area contributed by atoms with Crippen LogP contribution in [0.25, 0.3) is 6.08 Å². The second kappa shape index (κ2) is 2.95. The molecule has 0 radical (unpaired) electrons. The first kappa shape index (κ1) is 7.88. The van der Waals surface area contributed by atoms with E-state index >= 15 is 0 Å². The van der Waals surface area contributed by atoms with E-state index in [0.29, 0.717) is 0 Å². The average molecular weight is 179 g/mol. The summed E-state index contributed by atoms with van der Waals surface area (Å²) in [7, 11) is 0. The van der Waals surface area contributed by atoms with Crippen LogP contribution in [0, 0.1) is 6.92 Å². The predicted molar refractivity (Wildman–Crippen MR) is 53.4 cm³/mol. The molecule has 1 unspecified atom stereocenters. The number of hydrogen-bond acceptors (Lipinski definition) is 0. The molecule has 1 aromatic carbocycles. The highest BCUT2D eigenvalue weighted by atomic mass is 35.5. The van der Waals surface area contributed by atoms with Gasteiger partial charge in [0.15, 0.2) is 0 Å². The molecule has 0 fully saturated rings. The maximum Gasteiger partial charge on any atom is 0.0625 e. The Morgan fingerprint density at radius 2 is 2.25 bits per heavy atom. The zero-order valence-electron chi connectivity index (χ0n) is 7.05. The molecule has 0 heterocycles. The normalized spacial score (nSPS) is 20.7. The van der Waals surface area contributed by atoms with Crippen LogP contribution in [0.4, 0.5) is 0 Å². The summed E-state index contributed by atoms with van der Waals surface area (Å²) in [5.74, 6) is 0. The van der Waals surface area contributed by atoms with Crippen molar-refractivity contribution in [1.29, 1.82) is 0 Å². The minimum Gasteiger partial charge on any atom is -0.117 e. The zero-order chi connectivity index (χ0) is 8.55. The van der Waals surface area contributed by atoms with Crippen molar-refractivity contribution in [2.45, 2.75) is 18.7 Å². The fourth-order valence-electron chi connectivity index (χ4n) is 1.57. The number of aryl methyl sites for hydroxylation is 1. The molecule has 1 heteroatoms. The Morgan fingerprint density at radius 3 is 3.08 bits per heavy atom. The van der Waals surface area contributed by atoms with E-state index in [2.05, 4.69) is 37.3 Å². The van der Waals surface area contributed by atoms with E-state index in [9.17, 15) is 0 Å². The summed E-state index contributed by atoms with van der Waals surface area (Å²) < 4.78 is 0. The van der Waals surface area contributed by atoms with Crippen molar-refractivity contribution in [2.75, 3.05) is 0 Å². The Balaban J connectivity index is 2.55. The highest BCUT2D eigenvalue weighted by molar-refractivity contribution is 6.21. The first-order chi connectivity index (χ1) is 5.77. The number of rotatable bonds is 0. The van der Waals surface area contributed by atoms with Gasteiger partial charge in [0.2, 0.25) is 0 Å². The Bertz CT molecular complexity index is 326. The number of halogens is 1. The zero-order valence-corrected chi connectivity index (χ0v) is 7.81.